The van der Waals surface area contributed by atoms with E-state index in [9.17, 15) is 4.79 Å². The van der Waals surface area contributed by atoms with Gasteiger partial charge in [0, 0.05) is 26.7 Å². The SMILES string of the molecule is COCCCOCCOCCC=O. The number of hydrogen-bond donors (Lipinski definition) is 0. The monoisotopic (exact) mass is 190 g/mol. The maximum atomic E-state index is 9.89. The van der Waals surface area contributed by atoms with E-state index in [1.807, 2.05) is 0 Å². The fraction of sp³-hybridized carbons (Fsp3) is 0.889. The first kappa shape index (κ1) is 12.6. The van der Waals surface area contributed by atoms with Crippen LogP contribution in [0.1, 0.15) is 12.8 Å². The Labute approximate surface area is 79.2 Å². The number of ether oxygens (including phenoxy) is 3. The van der Waals surface area contributed by atoms with Crippen LogP contribution in [0.25, 0.3) is 0 Å². The molecule has 13 heavy (non-hydrogen) atoms. The molecule has 0 aliphatic heterocycles. The van der Waals surface area contributed by atoms with Crippen LogP contribution in [-0.4, -0.2) is 46.4 Å². The molecule has 0 heterocycles. The van der Waals surface area contributed by atoms with E-state index in [1.165, 1.54) is 0 Å². The molecule has 78 valence electrons. The lowest BCUT2D eigenvalue weighted by atomic mass is 10.5. The summed E-state index contributed by atoms with van der Waals surface area (Å²) in [7, 11) is 1.67. The van der Waals surface area contributed by atoms with E-state index < -0.39 is 0 Å². The zero-order valence-corrected chi connectivity index (χ0v) is 8.16. The summed E-state index contributed by atoms with van der Waals surface area (Å²) >= 11 is 0. The van der Waals surface area contributed by atoms with Crippen LogP contribution in [0.4, 0.5) is 0 Å². The molecular formula is C9H18O4. The van der Waals surface area contributed by atoms with Gasteiger partial charge in [0.15, 0.2) is 0 Å². The first-order valence-corrected chi connectivity index (χ1v) is 4.50. The number of methoxy groups -OCH3 is 1. The van der Waals surface area contributed by atoms with Gasteiger partial charge in [-0.15, -0.1) is 0 Å². The highest BCUT2D eigenvalue weighted by Gasteiger charge is 1.89. The van der Waals surface area contributed by atoms with Gasteiger partial charge in [-0.2, -0.15) is 0 Å². The zero-order chi connectivity index (χ0) is 9.78. The number of hydrogen-bond acceptors (Lipinski definition) is 4. The minimum absolute atomic E-state index is 0.462. The molecule has 0 aromatic heterocycles. The van der Waals surface area contributed by atoms with Gasteiger partial charge in [0.05, 0.1) is 19.8 Å². The van der Waals surface area contributed by atoms with Crippen molar-refractivity contribution in [2.24, 2.45) is 0 Å². The minimum atomic E-state index is 0.462. The molecule has 0 N–H and O–H groups in total. The molecule has 0 bridgehead atoms. The lowest BCUT2D eigenvalue weighted by Gasteiger charge is -2.03. The molecule has 4 heteroatoms. The summed E-state index contributed by atoms with van der Waals surface area (Å²) in [6.45, 7) is 3.06. The Morgan fingerprint density at radius 1 is 1.00 bits per heavy atom. The topological polar surface area (TPSA) is 44.8 Å². The maximum Gasteiger partial charge on any atom is 0.122 e. The fourth-order valence-corrected chi connectivity index (χ4v) is 0.759. The Balaban J connectivity index is 2.79. The summed E-state index contributed by atoms with van der Waals surface area (Å²) in [5.74, 6) is 0. The summed E-state index contributed by atoms with van der Waals surface area (Å²) in [6, 6.07) is 0. The molecule has 0 aliphatic carbocycles. The van der Waals surface area contributed by atoms with Crippen molar-refractivity contribution in [1.82, 2.24) is 0 Å². The molecule has 0 fully saturated rings. The van der Waals surface area contributed by atoms with Crippen molar-refractivity contribution in [3.8, 4) is 0 Å². The maximum absolute atomic E-state index is 9.89. The molecule has 0 aliphatic rings. The lowest BCUT2D eigenvalue weighted by molar-refractivity contribution is -0.108. The van der Waals surface area contributed by atoms with Crippen LogP contribution < -0.4 is 0 Å². The summed E-state index contributed by atoms with van der Waals surface area (Å²) in [5, 5.41) is 0. The van der Waals surface area contributed by atoms with Gasteiger partial charge < -0.3 is 19.0 Å². The smallest absolute Gasteiger partial charge is 0.122 e. The van der Waals surface area contributed by atoms with Crippen LogP contribution in [0.2, 0.25) is 0 Å². The molecule has 0 rings (SSSR count). The summed E-state index contributed by atoms with van der Waals surface area (Å²) in [4.78, 5) is 9.89. The molecular weight excluding hydrogens is 172 g/mol. The van der Waals surface area contributed by atoms with Crippen molar-refractivity contribution in [2.45, 2.75) is 12.8 Å². The molecule has 0 unspecified atom stereocenters. The van der Waals surface area contributed by atoms with E-state index in [1.54, 1.807) is 7.11 Å². The third-order valence-electron chi connectivity index (χ3n) is 1.39. The van der Waals surface area contributed by atoms with Gasteiger partial charge in [-0.05, 0) is 6.42 Å². The van der Waals surface area contributed by atoms with E-state index in [0.29, 0.717) is 32.8 Å². The Morgan fingerprint density at radius 3 is 2.31 bits per heavy atom. The van der Waals surface area contributed by atoms with E-state index in [4.69, 9.17) is 14.2 Å². The van der Waals surface area contributed by atoms with Crippen molar-refractivity contribution in [1.29, 1.82) is 0 Å². The molecule has 0 aromatic rings. The molecule has 0 saturated carbocycles. The zero-order valence-electron chi connectivity index (χ0n) is 8.16. The summed E-state index contributed by atoms with van der Waals surface area (Å²) in [5.41, 5.74) is 0. The van der Waals surface area contributed by atoms with Crippen LogP contribution in [0.3, 0.4) is 0 Å². The van der Waals surface area contributed by atoms with Gasteiger partial charge in [-0.25, -0.2) is 0 Å². The van der Waals surface area contributed by atoms with Gasteiger partial charge in [-0.3, -0.25) is 0 Å². The van der Waals surface area contributed by atoms with E-state index in [0.717, 1.165) is 19.3 Å². The highest BCUT2D eigenvalue weighted by atomic mass is 16.5. The van der Waals surface area contributed by atoms with Crippen molar-refractivity contribution in [3.05, 3.63) is 0 Å². The van der Waals surface area contributed by atoms with E-state index >= 15 is 0 Å². The second kappa shape index (κ2) is 11.6. The predicted octanol–water partition coefficient (Wildman–Crippen LogP) is 0.645. The van der Waals surface area contributed by atoms with E-state index in [2.05, 4.69) is 0 Å². The van der Waals surface area contributed by atoms with E-state index in [-0.39, 0.29) is 0 Å². The highest BCUT2D eigenvalue weighted by molar-refractivity contribution is 5.49. The second-order valence-corrected chi connectivity index (χ2v) is 2.53. The van der Waals surface area contributed by atoms with Crippen LogP contribution in [0, 0.1) is 0 Å². The van der Waals surface area contributed by atoms with Crippen LogP contribution >= 0.6 is 0 Å². The molecule has 4 nitrogen and oxygen atoms in total. The average Bonchev–Trinajstić information content (AvgIpc) is 2.16. The number of carbonyl (C=O) groups is 1. The van der Waals surface area contributed by atoms with Crippen molar-refractivity contribution < 1.29 is 19.0 Å². The summed E-state index contributed by atoms with van der Waals surface area (Å²) in [6.07, 6.45) is 2.22. The highest BCUT2D eigenvalue weighted by Crippen LogP contribution is 1.85. The lowest BCUT2D eigenvalue weighted by Crippen LogP contribution is -2.07. The first-order valence-electron chi connectivity index (χ1n) is 4.50. The number of aldehydes is 1. The molecule has 0 spiro atoms. The van der Waals surface area contributed by atoms with Gasteiger partial charge in [0.2, 0.25) is 0 Å². The first-order chi connectivity index (χ1) is 6.41. The number of rotatable bonds is 10. The summed E-state index contributed by atoms with van der Waals surface area (Å²) < 4.78 is 15.2. The molecule has 0 atom stereocenters. The minimum Gasteiger partial charge on any atom is -0.385 e. The third kappa shape index (κ3) is 11.5. The average molecular weight is 190 g/mol. The predicted molar refractivity (Wildman–Crippen MR) is 48.8 cm³/mol. The quantitative estimate of drug-likeness (QED) is 0.374. The standard InChI is InChI=1S/C9H18O4/c1-11-5-3-7-13-9-8-12-6-2-4-10/h4H,2-3,5-9H2,1H3. The second-order valence-electron chi connectivity index (χ2n) is 2.53. The van der Waals surface area contributed by atoms with Crippen molar-refractivity contribution in [2.75, 3.05) is 40.1 Å². The van der Waals surface area contributed by atoms with Crippen molar-refractivity contribution in [3.63, 3.8) is 0 Å². The largest absolute Gasteiger partial charge is 0.385 e. The Bertz CT molecular complexity index is 106. The fourth-order valence-electron chi connectivity index (χ4n) is 0.759. The third-order valence-corrected chi connectivity index (χ3v) is 1.39. The van der Waals surface area contributed by atoms with Crippen molar-refractivity contribution >= 4 is 6.29 Å². The van der Waals surface area contributed by atoms with Crippen LogP contribution in [0.15, 0.2) is 0 Å². The van der Waals surface area contributed by atoms with Gasteiger partial charge in [0.25, 0.3) is 0 Å². The molecule has 0 radical (unpaired) electrons. The Morgan fingerprint density at radius 2 is 1.69 bits per heavy atom. The van der Waals surface area contributed by atoms with Gasteiger partial charge >= 0.3 is 0 Å². The van der Waals surface area contributed by atoms with Crippen LogP contribution in [-0.2, 0) is 19.0 Å². The van der Waals surface area contributed by atoms with Crippen LogP contribution in [0.5, 0.6) is 0 Å². The normalized spacial score (nSPS) is 10.2. The Hall–Kier alpha value is -0.450. The van der Waals surface area contributed by atoms with Gasteiger partial charge in [0.1, 0.15) is 6.29 Å². The molecule has 0 amide bonds. The van der Waals surface area contributed by atoms with Gasteiger partial charge in [-0.1, -0.05) is 0 Å². The Kier molecular flexibility index (Phi) is 11.2. The number of carbonyl (C=O) groups excluding carboxylic acids is 1. The molecule has 0 saturated heterocycles. The molecule has 0 aromatic carbocycles.